The molecule has 3 saturated heterocycles. The fourth-order valence-electron chi connectivity index (χ4n) is 9.39. The summed E-state index contributed by atoms with van der Waals surface area (Å²) in [5, 5.41) is 110. The minimum absolute atomic E-state index is 0.0614. The molecule has 75 heavy (non-hydrogen) atoms. The van der Waals surface area contributed by atoms with Gasteiger partial charge in [0.25, 0.3) is 0 Å². The van der Waals surface area contributed by atoms with Crippen molar-refractivity contribution in [1.82, 2.24) is 36.4 Å². The van der Waals surface area contributed by atoms with E-state index in [1.54, 1.807) is 0 Å². The van der Waals surface area contributed by atoms with Gasteiger partial charge in [-0.05, 0) is 70.1 Å². The van der Waals surface area contributed by atoms with Gasteiger partial charge in [-0.15, -0.1) is 0 Å². The molecule has 4 rings (SSSR count). The number of fused-ring (bicyclic) bond motifs is 2. The number of nitrogens with one attached hydrogen (secondary N) is 5. The molecule has 0 spiro atoms. The molecule has 15 atom stereocenters. The number of unbranched alkanes of at least 4 members (excludes halogenated alkanes) is 8. The lowest BCUT2D eigenvalue weighted by atomic mass is 9.96. The molecule has 0 aromatic heterocycles. The van der Waals surface area contributed by atoms with Crippen LogP contribution in [0.1, 0.15) is 129 Å². The van der Waals surface area contributed by atoms with Crippen LogP contribution in [-0.2, 0) is 33.6 Å². The fraction of sp³-hybridized carbons (Fsp3) is 0.673. The van der Waals surface area contributed by atoms with Crippen molar-refractivity contribution in [3.05, 3.63) is 54.1 Å². The van der Waals surface area contributed by atoms with Gasteiger partial charge < -0.3 is 82.3 Å². The molecule has 420 valence electrons. The van der Waals surface area contributed by atoms with Crippen molar-refractivity contribution in [2.24, 2.45) is 5.92 Å². The third kappa shape index (κ3) is 18.0. The average molecular weight is 1060 g/mol. The van der Waals surface area contributed by atoms with Gasteiger partial charge in [0.15, 0.2) is 6.23 Å². The summed E-state index contributed by atoms with van der Waals surface area (Å²) >= 11 is 0. The molecule has 0 bridgehead atoms. The molecule has 3 aliphatic heterocycles. The third-order valence-electron chi connectivity index (χ3n) is 13.9. The van der Waals surface area contributed by atoms with Gasteiger partial charge in [0.2, 0.25) is 41.4 Å². The molecule has 23 nitrogen and oxygen atoms in total. The zero-order valence-electron chi connectivity index (χ0n) is 43.4. The van der Waals surface area contributed by atoms with E-state index in [-0.39, 0.29) is 24.3 Å². The lowest BCUT2D eigenvalue weighted by Crippen LogP contribution is -2.64. The Morgan fingerprint density at radius 1 is 0.680 bits per heavy atom. The van der Waals surface area contributed by atoms with E-state index in [0.717, 1.165) is 74.3 Å². The van der Waals surface area contributed by atoms with Crippen LogP contribution >= 0.6 is 0 Å². The normalized spacial score (nSPS) is 29.4. The van der Waals surface area contributed by atoms with Crippen LogP contribution in [0.2, 0.25) is 0 Å². The highest BCUT2D eigenvalue weighted by atomic mass is 16.3. The highest BCUT2D eigenvalue weighted by Gasteiger charge is 2.50. The molecule has 0 saturated carbocycles. The standard InChI is InChI=1S/C52H81N7O16/c1-5-6-7-8-9-10-11-12-13-14-15-16-17-18-19-20-38(65)53-35-26-37(64)48(71)57-50(73)42-43(66)29(2)27-59(42)52(75)40(31(4)61)55-49(72)41(45(68)44(67)32-21-23-33(62)24-22-32)56-47(70)36-25-34(63)28-58(36)51(74)39(30(3)60)54-46(35)69/h9-10,12-13,21-24,29-31,34-37,39-45,48,60-64,66-68,71H,5-8,11,14-20,25-28H2,1-4H3,(H,53,65)(H,54,69)(H,55,72)(H,56,70)(H,57,73)/b10-9-,13-12-/t29-,30+,31+,34+,35?,36-,37-,39-,40-,41-,42?,43-,44+,45-,48+/m0/s1. The Labute approximate surface area is 437 Å². The summed E-state index contributed by atoms with van der Waals surface area (Å²) in [6.45, 7) is 4.97. The summed E-state index contributed by atoms with van der Waals surface area (Å²) < 4.78 is 0. The van der Waals surface area contributed by atoms with Crippen LogP contribution in [0.3, 0.4) is 0 Å². The first kappa shape index (κ1) is 62.0. The maximum atomic E-state index is 14.3. The van der Waals surface area contributed by atoms with Crippen LogP contribution in [0.25, 0.3) is 0 Å². The molecule has 0 radical (unpaired) electrons. The summed E-state index contributed by atoms with van der Waals surface area (Å²) in [7, 11) is 0. The summed E-state index contributed by atoms with van der Waals surface area (Å²) in [5.41, 5.74) is -0.0614. The number of benzene rings is 1. The number of allylic oxidation sites excluding steroid dienone is 4. The van der Waals surface area contributed by atoms with E-state index in [2.05, 4.69) is 57.8 Å². The lowest BCUT2D eigenvalue weighted by Gasteiger charge is -2.34. The second-order valence-corrected chi connectivity index (χ2v) is 20.1. The van der Waals surface area contributed by atoms with E-state index in [9.17, 15) is 79.5 Å². The Bertz CT molecular complexity index is 2110. The number of aliphatic hydroxyl groups excluding tert-OH is 8. The van der Waals surface area contributed by atoms with Crippen molar-refractivity contribution in [2.45, 2.75) is 203 Å². The SMILES string of the molecule is CCCCC/C=C\C/C=C\CCCCCCCC(=O)NC1C[C@H](O)[C@@H](O)NC(=O)C2[C@@H](O)[C@@H](C)CN2C(=O)[C@H]([C@@H](C)O)NC(=O)[C@H]([C@H](O)[C@H](O)c2ccc(O)cc2)NC(=O)[C@@H]2C[C@@H](O)CN2C(=O)[C@H]([C@@H](C)O)NC1=O. The summed E-state index contributed by atoms with van der Waals surface area (Å²) in [6.07, 6.45) is 2.50. The van der Waals surface area contributed by atoms with Crippen LogP contribution < -0.4 is 26.6 Å². The monoisotopic (exact) mass is 1060 g/mol. The zero-order valence-corrected chi connectivity index (χ0v) is 43.4. The average Bonchev–Trinajstić information content (AvgIpc) is 3.91. The number of rotatable bonds is 20. The number of carbonyl (C=O) groups excluding carboxylic acids is 7. The largest absolute Gasteiger partial charge is 0.508 e. The molecule has 7 amide bonds. The number of hydrogen-bond acceptors (Lipinski definition) is 16. The quantitative estimate of drug-likeness (QED) is 0.0531. The van der Waals surface area contributed by atoms with Crippen molar-refractivity contribution in [2.75, 3.05) is 13.1 Å². The number of aromatic hydroxyl groups is 1. The minimum Gasteiger partial charge on any atom is -0.508 e. The number of nitrogens with zero attached hydrogens (tertiary/aromatic N) is 2. The maximum Gasteiger partial charge on any atom is 0.248 e. The highest BCUT2D eigenvalue weighted by Crippen LogP contribution is 2.28. The van der Waals surface area contributed by atoms with Crippen molar-refractivity contribution in [1.29, 1.82) is 0 Å². The fourth-order valence-corrected chi connectivity index (χ4v) is 9.39. The Kier molecular flexibility index (Phi) is 25.0. The van der Waals surface area contributed by atoms with E-state index in [1.165, 1.54) is 38.3 Å². The van der Waals surface area contributed by atoms with E-state index >= 15 is 0 Å². The highest BCUT2D eigenvalue weighted by molar-refractivity contribution is 5.98. The first-order valence-electron chi connectivity index (χ1n) is 26.2. The van der Waals surface area contributed by atoms with E-state index < -0.39 is 152 Å². The second kappa shape index (κ2) is 30.3. The Morgan fingerprint density at radius 3 is 1.85 bits per heavy atom. The van der Waals surface area contributed by atoms with E-state index in [1.807, 2.05) is 0 Å². The summed E-state index contributed by atoms with van der Waals surface area (Å²) in [5.74, 6) is -8.97. The number of phenols is 1. The predicted molar refractivity (Wildman–Crippen MR) is 271 cm³/mol. The molecule has 3 heterocycles. The van der Waals surface area contributed by atoms with Gasteiger partial charge in [-0.25, -0.2) is 0 Å². The molecule has 14 N–H and O–H groups in total. The van der Waals surface area contributed by atoms with Crippen molar-refractivity contribution >= 4 is 41.4 Å². The topological polar surface area (TPSA) is 368 Å². The Morgan fingerprint density at radius 2 is 1.24 bits per heavy atom. The number of carbonyl (C=O) groups is 7. The molecular formula is C52H81N7O16. The second-order valence-electron chi connectivity index (χ2n) is 20.1. The van der Waals surface area contributed by atoms with Gasteiger partial charge in [-0.3, -0.25) is 33.6 Å². The summed E-state index contributed by atoms with van der Waals surface area (Å²) in [4.78, 5) is 100. The lowest BCUT2D eigenvalue weighted by molar-refractivity contribution is -0.148. The number of phenolic OH excluding ortho intramolecular Hbond substituents is 1. The molecule has 0 aliphatic carbocycles. The van der Waals surface area contributed by atoms with Crippen molar-refractivity contribution in [3.8, 4) is 5.75 Å². The molecule has 1 aromatic rings. The van der Waals surface area contributed by atoms with Gasteiger partial charge in [-0.2, -0.15) is 0 Å². The predicted octanol–water partition coefficient (Wildman–Crippen LogP) is -1.33. The van der Waals surface area contributed by atoms with Crippen LogP contribution in [-0.4, -0.2) is 189 Å². The van der Waals surface area contributed by atoms with Crippen LogP contribution in [0.15, 0.2) is 48.6 Å². The van der Waals surface area contributed by atoms with Gasteiger partial charge in [0.1, 0.15) is 60.3 Å². The van der Waals surface area contributed by atoms with Crippen molar-refractivity contribution < 1.29 is 79.5 Å². The number of aliphatic hydroxyl groups is 8. The van der Waals surface area contributed by atoms with Crippen molar-refractivity contribution in [3.63, 3.8) is 0 Å². The van der Waals surface area contributed by atoms with Crippen LogP contribution in [0.4, 0.5) is 0 Å². The van der Waals surface area contributed by atoms with Crippen LogP contribution in [0.5, 0.6) is 5.75 Å². The molecule has 3 fully saturated rings. The first-order chi connectivity index (χ1) is 35.6. The van der Waals surface area contributed by atoms with E-state index in [0.29, 0.717) is 12.8 Å². The zero-order chi connectivity index (χ0) is 55.5. The molecule has 1 aromatic carbocycles. The molecule has 2 unspecified atom stereocenters. The number of amides is 7. The summed E-state index contributed by atoms with van der Waals surface area (Å²) in [6, 6.07) is -6.61. The van der Waals surface area contributed by atoms with Gasteiger partial charge in [-0.1, -0.05) is 82.4 Å². The Hall–Kier alpha value is -5.53. The smallest absolute Gasteiger partial charge is 0.248 e. The third-order valence-corrected chi connectivity index (χ3v) is 13.9. The number of hydrogen-bond donors (Lipinski definition) is 14. The van der Waals surface area contributed by atoms with E-state index in [4.69, 9.17) is 0 Å². The van der Waals surface area contributed by atoms with Gasteiger partial charge >= 0.3 is 0 Å². The minimum atomic E-state index is -2.27. The van der Waals surface area contributed by atoms with Crippen LogP contribution in [0, 0.1) is 5.92 Å². The first-order valence-corrected chi connectivity index (χ1v) is 26.2. The molecule has 3 aliphatic rings. The molecular weight excluding hydrogens is 979 g/mol. The maximum absolute atomic E-state index is 14.3. The molecule has 23 heteroatoms. The Balaban J connectivity index is 1.62. The van der Waals surface area contributed by atoms with Gasteiger partial charge in [0, 0.05) is 38.3 Å². The van der Waals surface area contributed by atoms with Gasteiger partial charge in [0.05, 0.1) is 24.4 Å².